The zero-order chi connectivity index (χ0) is 25.5. The molecule has 1 amide bonds. The maximum absolute atomic E-state index is 13.9. The Hall–Kier alpha value is -2.74. The van der Waals surface area contributed by atoms with Crippen molar-refractivity contribution in [3.05, 3.63) is 82.2 Å². The first-order valence-electron chi connectivity index (χ1n) is 13.4. The second-order valence-electron chi connectivity index (χ2n) is 10.9. The van der Waals surface area contributed by atoms with E-state index in [0.29, 0.717) is 12.5 Å². The number of imidazole rings is 1. The van der Waals surface area contributed by atoms with E-state index in [1.54, 1.807) is 0 Å². The number of aryl methyl sites for hydroxylation is 3. The minimum atomic E-state index is -0.158. The fourth-order valence-electron chi connectivity index (χ4n) is 6.41. The maximum Gasteiger partial charge on any atom is 0.241 e. The Morgan fingerprint density at radius 1 is 1.08 bits per heavy atom. The van der Waals surface area contributed by atoms with Crippen molar-refractivity contribution < 1.29 is 4.79 Å². The van der Waals surface area contributed by atoms with Crippen LogP contribution in [0.5, 0.6) is 0 Å². The molecule has 2 saturated heterocycles. The number of nitrogens with zero attached hydrogens (tertiary/aromatic N) is 6. The number of fused-ring (bicyclic) bond motifs is 2. The molecule has 0 radical (unpaired) electrons. The van der Waals surface area contributed by atoms with E-state index in [2.05, 4.69) is 55.7 Å². The third-order valence-corrected chi connectivity index (χ3v) is 8.64. The van der Waals surface area contributed by atoms with E-state index in [1.165, 1.54) is 16.7 Å². The van der Waals surface area contributed by atoms with Gasteiger partial charge in [0, 0.05) is 56.7 Å². The lowest BCUT2D eigenvalue weighted by Gasteiger charge is -2.43. The molecule has 0 N–H and O–H groups in total. The summed E-state index contributed by atoms with van der Waals surface area (Å²) in [5.74, 6) is 0.722. The highest BCUT2D eigenvalue weighted by Crippen LogP contribution is 2.38. The first-order valence-corrected chi connectivity index (χ1v) is 13.8. The Labute approximate surface area is 224 Å². The van der Waals surface area contributed by atoms with E-state index in [9.17, 15) is 4.79 Å². The molecule has 3 atom stereocenters. The number of hydrogen-bond donors (Lipinski definition) is 0. The molecule has 2 fully saturated rings. The monoisotopic (exact) mass is 518 g/mol. The van der Waals surface area contributed by atoms with Gasteiger partial charge < -0.3 is 9.47 Å². The number of carbonyl (C=O) groups is 1. The van der Waals surface area contributed by atoms with E-state index < -0.39 is 0 Å². The van der Waals surface area contributed by atoms with Crippen molar-refractivity contribution in [1.82, 2.24) is 29.2 Å². The van der Waals surface area contributed by atoms with Crippen molar-refractivity contribution in [1.29, 1.82) is 0 Å². The Morgan fingerprint density at radius 3 is 2.78 bits per heavy atom. The molecule has 194 valence electrons. The normalized spacial score (nSPS) is 24.5. The quantitative estimate of drug-likeness (QED) is 0.528. The summed E-state index contributed by atoms with van der Waals surface area (Å²) in [6, 6.07) is 10.4. The van der Waals surface area contributed by atoms with Crippen LogP contribution in [0.25, 0.3) is 0 Å². The van der Waals surface area contributed by atoms with Gasteiger partial charge >= 0.3 is 0 Å². The first kappa shape index (κ1) is 24.6. The topological polar surface area (TPSA) is 57.5 Å². The highest BCUT2D eigenvalue weighted by molar-refractivity contribution is 6.30. The number of likely N-dealkylation sites (N-methyl/N-ethyl adjacent to an activating group) is 1. The van der Waals surface area contributed by atoms with E-state index in [0.717, 1.165) is 68.4 Å². The van der Waals surface area contributed by atoms with Crippen LogP contribution in [-0.2, 0) is 24.2 Å². The Morgan fingerprint density at radius 2 is 1.95 bits per heavy atom. The number of pyridine rings is 1. The number of halogens is 1. The molecule has 3 aliphatic rings. The fraction of sp³-hybridized carbons (Fsp3) is 0.483. The van der Waals surface area contributed by atoms with Crippen LogP contribution in [-0.4, -0.2) is 81.0 Å². The zero-order valence-electron chi connectivity index (χ0n) is 21.7. The minimum absolute atomic E-state index is 0.0331. The lowest BCUT2D eigenvalue weighted by atomic mass is 9.95. The van der Waals surface area contributed by atoms with Crippen LogP contribution in [0.1, 0.15) is 40.5 Å². The van der Waals surface area contributed by atoms with Gasteiger partial charge in [0.25, 0.3) is 0 Å². The summed E-state index contributed by atoms with van der Waals surface area (Å²) in [5, 5.41) is 0.775. The van der Waals surface area contributed by atoms with Crippen molar-refractivity contribution >= 4 is 17.5 Å². The summed E-state index contributed by atoms with van der Waals surface area (Å²) in [6.45, 7) is 7.02. The molecular weight excluding hydrogens is 484 g/mol. The Balaban J connectivity index is 1.23. The van der Waals surface area contributed by atoms with Gasteiger partial charge in [-0.2, -0.15) is 0 Å². The summed E-state index contributed by atoms with van der Waals surface area (Å²) >= 11 is 6.40. The highest BCUT2D eigenvalue weighted by atomic mass is 35.5. The van der Waals surface area contributed by atoms with E-state index in [4.69, 9.17) is 16.6 Å². The second kappa shape index (κ2) is 10.2. The molecule has 37 heavy (non-hydrogen) atoms. The predicted octanol–water partition coefficient (Wildman–Crippen LogP) is 3.59. The summed E-state index contributed by atoms with van der Waals surface area (Å²) in [5.41, 5.74) is 6.01. The number of carbonyl (C=O) groups excluding carboxylic acids is 1. The van der Waals surface area contributed by atoms with Gasteiger partial charge in [-0.3, -0.25) is 19.6 Å². The number of benzene rings is 1. The van der Waals surface area contributed by atoms with E-state index in [-0.39, 0.29) is 18.0 Å². The van der Waals surface area contributed by atoms with Gasteiger partial charge in [0.05, 0.1) is 23.8 Å². The van der Waals surface area contributed by atoms with Crippen LogP contribution in [0.3, 0.4) is 0 Å². The average molecular weight is 519 g/mol. The molecular formula is C29H35ClN6O. The zero-order valence-corrected chi connectivity index (χ0v) is 22.4. The van der Waals surface area contributed by atoms with E-state index >= 15 is 0 Å². The van der Waals surface area contributed by atoms with Crippen molar-refractivity contribution in [3.8, 4) is 0 Å². The van der Waals surface area contributed by atoms with Crippen molar-refractivity contribution in [3.63, 3.8) is 0 Å². The molecule has 2 aromatic heterocycles. The molecule has 1 aliphatic carbocycles. The third kappa shape index (κ3) is 4.92. The number of piperazine rings is 1. The summed E-state index contributed by atoms with van der Waals surface area (Å²) in [6.07, 6.45) is 8.83. The smallest absolute Gasteiger partial charge is 0.241 e. The third-order valence-electron chi connectivity index (χ3n) is 8.41. The van der Waals surface area contributed by atoms with Crippen LogP contribution in [0, 0.1) is 12.8 Å². The van der Waals surface area contributed by atoms with Crippen LogP contribution >= 0.6 is 11.6 Å². The number of amides is 1. The minimum Gasteiger partial charge on any atom is -0.341 e. The first-order chi connectivity index (χ1) is 18.0. The molecule has 1 aromatic carbocycles. The van der Waals surface area contributed by atoms with Crippen molar-refractivity contribution in [2.75, 3.05) is 39.8 Å². The standard InChI is InChI=1S/C29H35ClN6O/c1-20-15-34(19-32-20)16-21-9-11-36(17-21)29(37)26-18-35(13-12-33(26)2)28-25-8-7-24(30)14-23(25)6-5-22-4-3-10-31-27(22)28/h3-4,7-8,10,14-15,19,21,26,28H,5-6,9,11-13,16-18H2,1-2H3/t21-,26+,28?/m0/s1. The average Bonchev–Trinajstić information content (AvgIpc) is 3.50. The summed E-state index contributed by atoms with van der Waals surface area (Å²) in [7, 11) is 2.09. The predicted molar refractivity (Wildman–Crippen MR) is 145 cm³/mol. The number of aromatic nitrogens is 3. The van der Waals surface area contributed by atoms with Crippen molar-refractivity contribution in [2.45, 2.75) is 44.8 Å². The molecule has 0 saturated carbocycles. The molecule has 6 rings (SSSR count). The summed E-state index contributed by atoms with van der Waals surface area (Å²) < 4.78 is 2.16. The Kier molecular flexibility index (Phi) is 6.78. The van der Waals surface area contributed by atoms with Gasteiger partial charge in [0.1, 0.15) is 6.04 Å². The van der Waals surface area contributed by atoms with Gasteiger partial charge in [-0.25, -0.2) is 4.98 Å². The van der Waals surface area contributed by atoms with Crippen molar-refractivity contribution in [2.24, 2.45) is 5.92 Å². The van der Waals surface area contributed by atoms with Gasteiger partial charge in [-0.1, -0.05) is 23.7 Å². The van der Waals surface area contributed by atoms with Gasteiger partial charge in [0.2, 0.25) is 5.91 Å². The summed E-state index contributed by atoms with van der Waals surface area (Å²) in [4.78, 5) is 29.9. The van der Waals surface area contributed by atoms with E-state index in [1.807, 2.05) is 31.6 Å². The molecule has 7 nitrogen and oxygen atoms in total. The molecule has 8 heteroatoms. The lowest BCUT2D eigenvalue weighted by molar-refractivity contribution is -0.138. The second-order valence-corrected chi connectivity index (χ2v) is 11.4. The molecule has 2 aliphatic heterocycles. The molecule has 4 heterocycles. The molecule has 1 unspecified atom stereocenters. The van der Waals surface area contributed by atoms with Crippen LogP contribution in [0.2, 0.25) is 5.02 Å². The fourth-order valence-corrected chi connectivity index (χ4v) is 6.61. The SMILES string of the molecule is Cc1cn(C[C@@H]2CCN(C(=O)[C@H]3CN(C4c5ccc(Cl)cc5CCc5cccnc54)CCN3C)C2)cn1. The van der Waals surface area contributed by atoms with Crippen LogP contribution in [0.15, 0.2) is 49.1 Å². The molecule has 0 bridgehead atoms. The maximum atomic E-state index is 13.9. The van der Waals surface area contributed by atoms with Gasteiger partial charge in [-0.15, -0.1) is 0 Å². The number of rotatable bonds is 4. The Bertz CT molecular complexity index is 1290. The molecule has 3 aromatic rings. The largest absolute Gasteiger partial charge is 0.341 e. The highest BCUT2D eigenvalue weighted by Gasteiger charge is 2.40. The number of likely N-dealkylation sites (tertiary alicyclic amines) is 1. The lowest BCUT2D eigenvalue weighted by Crippen LogP contribution is -2.58. The van der Waals surface area contributed by atoms with Crippen LogP contribution in [0.4, 0.5) is 0 Å². The number of hydrogen-bond acceptors (Lipinski definition) is 5. The van der Waals surface area contributed by atoms with Gasteiger partial charge in [0.15, 0.2) is 0 Å². The van der Waals surface area contributed by atoms with Gasteiger partial charge in [-0.05, 0) is 74.0 Å². The molecule has 0 spiro atoms. The van der Waals surface area contributed by atoms with Crippen LogP contribution < -0.4 is 0 Å².